The summed E-state index contributed by atoms with van der Waals surface area (Å²) in [5.41, 5.74) is 0.583. The third-order valence-corrected chi connectivity index (χ3v) is 5.96. The minimum atomic E-state index is 0.583. The van der Waals surface area contributed by atoms with Crippen LogP contribution in [0.2, 0.25) is 0 Å². The van der Waals surface area contributed by atoms with Crippen LogP contribution < -0.4 is 5.32 Å². The predicted molar refractivity (Wildman–Crippen MR) is 81.4 cm³/mol. The molecule has 0 atom stereocenters. The van der Waals surface area contributed by atoms with Crippen LogP contribution in [0.1, 0.15) is 64.7 Å². The zero-order valence-electron chi connectivity index (χ0n) is 13.0. The molecule has 0 spiro atoms. The summed E-state index contributed by atoms with van der Waals surface area (Å²) < 4.78 is 0. The lowest BCUT2D eigenvalue weighted by atomic mass is 9.70. The van der Waals surface area contributed by atoms with E-state index in [1.165, 1.54) is 70.9 Å². The molecule has 3 fully saturated rings. The standard InChI is InChI=1S/C17H32N2/c1-14-8-10-17(11-9-14,12-18-15-6-7-15)13-19(2)16-4-3-5-16/h14-16,18H,3-13H2,1-2H3. The molecule has 0 unspecified atom stereocenters. The van der Waals surface area contributed by atoms with E-state index >= 15 is 0 Å². The molecule has 0 saturated heterocycles. The quantitative estimate of drug-likeness (QED) is 0.791. The van der Waals surface area contributed by atoms with Gasteiger partial charge >= 0.3 is 0 Å². The van der Waals surface area contributed by atoms with Gasteiger partial charge in [-0.1, -0.05) is 26.2 Å². The number of nitrogens with one attached hydrogen (secondary N) is 1. The predicted octanol–water partition coefficient (Wildman–Crippen LogP) is 3.42. The molecule has 0 aromatic carbocycles. The Morgan fingerprint density at radius 2 is 1.74 bits per heavy atom. The van der Waals surface area contributed by atoms with Gasteiger partial charge in [0.05, 0.1) is 0 Å². The highest BCUT2D eigenvalue weighted by molar-refractivity contribution is 4.93. The summed E-state index contributed by atoms with van der Waals surface area (Å²) in [4.78, 5) is 2.69. The third kappa shape index (κ3) is 3.52. The summed E-state index contributed by atoms with van der Waals surface area (Å²) >= 11 is 0. The van der Waals surface area contributed by atoms with Crippen LogP contribution in [0.5, 0.6) is 0 Å². The van der Waals surface area contributed by atoms with Crippen LogP contribution in [-0.4, -0.2) is 37.1 Å². The second-order valence-corrected chi connectivity index (χ2v) is 7.84. The number of hydrogen-bond acceptors (Lipinski definition) is 2. The minimum Gasteiger partial charge on any atom is -0.313 e. The monoisotopic (exact) mass is 264 g/mol. The Kier molecular flexibility index (Phi) is 4.19. The first-order valence-electron chi connectivity index (χ1n) is 8.60. The Hall–Kier alpha value is -0.0800. The molecular weight excluding hydrogens is 232 g/mol. The Morgan fingerprint density at radius 1 is 1.05 bits per heavy atom. The van der Waals surface area contributed by atoms with E-state index in [0.29, 0.717) is 5.41 Å². The van der Waals surface area contributed by atoms with Gasteiger partial charge in [0.2, 0.25) is 0 Å². The van der Waals surface area contributed by atoms with Gasteiger partial charge in [0, 0.05) is 25.2 Å². The molecule has 0 amide bonds. The van der Waals surface area contributed by atoms with E-state index in [-0.39, 0.29) is 0 Å². The highest BCUT2D eigenvalue weighted by Gasteiger charge is 2.38. The second kappa shape index (κ2) is 5.73. The van der Waals surface area contributed by atoms with Crippen molar-refractivity contribution in [2.45, 2.75) is 76.8 Å². The molecule has 0 aromatic heterocycles. The van der Waals surface area contributed by atoms with Crippen LogP contribution in [0.25, 0.3) is 0 Å². The van der Waals surface area contributed by atoms with Crippen molar-refractivity contribution < 1.29 is 0 Å². The highest BCUT2D eigenvalue weighted by atomic mass is 15.1. The molecule has 0 heterocycles. The van der Waals surface area contributed by atoms with Crippen molar-refractivity contribution >= 4 is 0 Å². The lowest BCUT2D eigenvalue weighted by Crippen LogP contribution is -2.49. The largest absolute Gasteiger partial charge is 0.313 e. The Labute approximate surface area is 119 Å². The van der Waals surface area contributed by atoms with Crippen LogP contribution >= 0.6 is 0 Å². The van der Waals surface area contributed by atoms with Crippen molar-refractivity contribution in [2.24, 2.45) is 11.3 Å². The molecule has 3 aliphatic carbocycles. The summed E-state index contributed by atoms with van der Waals surface area (Å²) in [7, 11) is 2.38. The van der Waals surface area contributed by atoms with Crippen LogP contribution in [0.15, 0.2) is 0 Å². The molecule has 110 valence electrons. The van der Waals surface area contributed by atoms with Crippen molar-refractivity contribution in [2.75, 3.05) is 20.1 Å². The first-order valence-corrected chi connectivity index (χ1v) is 8.60. The Morgan fingerprint density at radius 3 is 2.26 bits per heavy atom. The van der Waals surface area contributed by atoms with E-state index in [2.05, 4.69) is 24.2 Å². The SMILES string of the molecule is CC1CCC(CNC2CC2)(CN(C)C2CCC2)CC1. The maximum absolute atomic E-state index is 3.84. The molecule has 0 bridgehead atoms. The van der Waals surface area contributed by atoms with E-state index in [0.717, 1.165) is 18.0 Å². The number of hydrogen-bond donors (Lipinski definition) is 1. The van der Waals surface area contributed by atoms with Gasteiger partial charge in [-0.3, -0.25) is 0 Å². The van der Waals surface area contributed by atoms with E-state index in [4.69, 9.17) is 0 Å². The number of nitrogens with zero attached hydrogens (tertiary/aromatic N) is 1. The molecule has 0 aromatic rings. The van der Waals surface area contributed by atoms with Crippen molar-refractivity contribution in [3.05, 3.63) is 0 Å². The van der Waals surface area contributed by atoms with E-state index in [1.54, 1.807) is 0 Å². The summed E-state index contributed by atoms with van der Waals surface area (Å²) in [6.07, 6.45) is 13.0. The van der Waals surface area contributed by atoms with Gasteiger partial charge in [0.15, 0.2) is 0 Å². The van der Waals surface area contributed by atoms with Gasteiger partial charge in [-0.05, 0) is 56.9 Å². The lowest BCUT2D eigenvalue weighted by molar-refractivity contribution is 0.0557. The Balaban J connectivity index is 1.57. The van der Waals surface area contributed by atoms with Crippen LogP contribution in [0, 0.1) is 11.3 Å². The summed E-state index contributed by atoms with van der Waals surface area (Å²) in [5.74, 6) is 0.961. The molecule has 0 radical (unpaired) electrons. The van der Waals surface area contributed by atoms with Gasteiger partial charge in [-0.15, -0.1) is 0 Å². The zero-order valence-corrected chi connectivity index (χ0v) is 13.0. The summed E-state index contributed by atoms with van der Waals surface area (Å²) in [6, 6.07) is 1.77. The van der Waals surface area contributed by atoms with E-state index < -0.39 is 0 Å². The fourth-order valence-corrected chi connectivity index (χ4v) is 3.90. The smallest absolute Gasteiger partial charge is 0.00924 e. The third-order valence-electron chi connectivity index (χ3n) is 5.96. The molecular formula is C17H32N2. The molecule has 2 heteroatoms. The highest BCUT2D eigenvalue weighted by Crippen LogP contribution is 2.40. The van der Waals surface area contributed by atoms with Gasteiger partial charge in [0.1, 0.15) is 0 Å². The zero-order chi connectivity index (χ0) is 13.3. The van der Waals surface area contributed by atoms with Crippen molar-refractivity contribution in [1.29, 1.82) is 0 Å². The normalized spacial score (nSPS) is 36.5. The fourth-order valence-electron chi connectivity index (χ4n) is 3.90. The van der Waals surface area contributed by atoms with Crippen molar-refractivity contribution in [3.63, 3.8) is 0 Å². The molecule has 3 rings (SSSR count). The maximum Gasteiger partial charge on any atom is 0.00924 e. The second-order valence-electron chi connectivity index (χ2n) is 7.84. The topological polar surface area (TPSA) is 15.3 Å². The van der Waals surface area contributed by atoms with E-state index in [1.807, 2.05) is 0 Å². The van der Waals surface area contributed by atoms with Gasteiger partial charge in [-0.25, -0.2) is 0 Å². The molecule has 19 heavy (non-hydrogen) atoms. The number of rotatable bonds is 6. The van der Waals surface area contributed by atoms with Gasteiger partial charge in [-0.2, -0.15) is 0 Å². The molecule has 2 nitrogen and oxygen atoms in total. The molecule has 3 saturated carbocycles. The van der Waals surface area contributed by atoms with Crippen molar-refractivity contribution in [3.8, 4) is 0 Å². The molecule has 3 aliphatic rings. The van der Waals surface area contributed by atoms with Gasteiger partial charge < -0.3 is 10.2 Å². The first-order chi connectivity index (χ1) is 9.17. The van der Waals surface area contributed by atoms with E-state index in [9.17, 15) is 0 Å². The minimum absolute atomic E-state index is 0.583. The summed E-state index contributed by atoms with van der Waals surface area (Å²) in [6.45, 7) is 5.05. The first kappa shape index (κ1) is 13.9. The Bertz CT molecular complexity index is 286. The van der Waals surface area contributed by atoms with Crippen LogP contribution in [0.3, 0.4) is 0 Å². The van der Waals surface area contributed by atoms with Crippen LogP contribution in [-0.2, 0) is 0 Å². The molecule has 1 N–H and O–H groups in total. The molecule has 0 aliphatic heterocycles. The lowest BCUT2D eigenvalue weighted by Gasteiger charge is -2.45. The summed E-state index contributed by atoms with van der Waals surface area (Å²) in [5, 5.41) is 3.84. The van der Waals surface area contributed by atoms with Crippen molar-refractivity contribution in [1.82, 2.24) is 10.2 Å². The fraction of sp³-hybridized carbons (Fsp3) is 1.00. The van der Waals surface area contributed by atoms with Crippen LogP contribution in [0.4, 0.5) is 0 Å². The van der Waals surface area contributed by atoms with Gasteiger partial charge in [0.25, 0.3) is 0 Å². The average molecular weight is 264 g/mol. The maximum atomic E-state index is 3.84. The average Bonchev–Trinajstić information content (AvgIpc) is 3.12.